The summed E-state index contributed by atoms with van der Waals surface area (Å²) in [7, 11) is 0. The molecule has 4 aromatic rings. The highest BCUT2D eigenvalue weighted by Gasteiger charge is 2.26. The van der Waals surface area contributed by atoms with E-state index < -0.39 is 11.8 Å². The summed E-state index contributed by atoms with van der Waals surface area (Å²) in [5, 5.41) is 13.0. The van der Waals surface area contributed by atoms with Crippen molar-refractivity contribution >= 4 is 57.6 Å². The Balaban J connectivity index is 1.83. The number of fused-ring (bicyclic) bond motifs is 1. The van der Waals surface area contributed by atoms with Gasteiger partial charge >= 0.3 is 6.92 Å². The smallest absolute Gasteiger partial charge is 0.426 e. The molecular weight excluding hydrogens is 410 g/mol. The molecule has 0 aliphatic heterocycles. The summed E-state index contributed by atoms with van der Waals surface area (Å²) < 4.78 is 6.34. The number of pyridine rings is 1. The fourth-order valence-electron chi connectivity index (χ4n) is 3.12. The van der Waals surface area contributed by atoms with Crippen LogP contribution in [0.1, 0.15) is 0 Å². The van der Waals surface area contributed by atoms with Crippen LogP contribution in [0, 0.1) is 10.1 Å². The molecule has 0 radical (unpaired) electrons. The maximum Gasteiger partial charge on any atom is 0.426 e. The van der Waals surface area contributed by atoms with E-state index >= 15 is 0 Å². The molecule has 29 heavy (non-hydrogen) atoms. The molecule has 8 heteroatoms. The summed E-state index contributed by atoms with van der Waals surface area (Å²) in [6, 6.07) is 21.0. The minimum absolute atomic E-state index is 0.0185. The molecule has 4 rings (SSSR count). The third-order valence-electron chi connectivity index (χ3n) is 4.50. The first-order valence-corrected chi connectivity index (χ1v) is 9.48. The van der Waals surface area contributed by atoms with Crippen LogP contribution in [0.5, 0.6) is 5.75 Å². The number of hydrogen-bond donors (Lipinski definition) is 0. The van der Waals surface area contributed by atoms with Crippen molar-refractivity contribution in [3.63, 3.8) is 0 Å². The Morgan fingerprint density at radius 1 is 0.862 bits per heavy atom. The normalized spacial score (nSPS) is 10.7. The van der Waals surface area contributed by atoms with Crippen LogP contribution >= 0.6 is 23.2 Å². The van der Waals surface area contributed by atoms with Crippen LogP contribution in [0.15, 0.2) is 79.0 Å². The Hall–Kier alpha value is -3.09. The SMILES string of the molecule is O=[N+]([O-])c1ccc(OB(c2ccc(Cl)cc2)c2ccc(Cl)cc2)c2ncccc12. The lowest BCUT2D eigenvalue weighted by Crippen LogP contribution is -2.47. The standard InChI is InChI=1S/C21H13BCl2N2O3/c23-16-7-3-14(4-8-16)22(15-5-9-17(24)10-6-15)29-20-12-11-19(26(27)28)18-2-1-13-25-21(18)20/h1-13H. The van der Waals surface area contributed by atoms with Gasteiger partial charge in [-0.3, -0.25) is 15.1 Å². The van der Waals surface area contributed by atoms with Gasteiger partial charge < -0.3 is 4.65 Å². The van der Waals surface area contributed by atoms with Crippen molar-refractivity contribution in [3.8, 4) is 5.75 Å². The Morgan fingerprint density at radius 3 is 2.00 bits per heavy atom. The lowest BCUT2D eigenvalue weighted by molar-refractivity contribution is -0.383. The van der Waals surface area contributed by atoms with Crippen molar-refractivity contribution < 1.29 is 9.58 Å². The zero-order valence-electron chi connectivity index (χ0n) is 15.0. The van der Waals surface area contributed by atoms with Crippen molar-refractivity contribution in [3.05, 3.63) is 99.2 Å². The van der Waals surface area contributed by atoms with Crippen LogP contribution in [-0.2, 0) is 0 Å². The number of nitro groups is 1. The molecule has 0 saturated heterocycles. The van der Waals surface area contributed by atoms with Crippen molar-refractivity contribution in [1.29, 1.82) is 0 Å². The number of aromatic nitrogens is 1. The maximum atomic E-state index is 11.4. The monoisotopic (exact) mass is 422 g/mol. The van der Waals surface area contributed by atoms with Gasteiger partial charge in [-0.25, -0.2) is 0 Å². The minimum atomic E-state index is -0.476. The summed E-state index contributed by atoms with van der Waals surface area (Å²) >= 11 is 12.1. The van der Waals surface area contributed by atoms with Crippen LogP contribution in [0.4, 0.5) is 5.69 Å². The van der Waals surface area contributed by atoms with Gasteiger partial charge in [0.15, 0.2) is 0 Å². The Bertz CT molecular complexity index is 1140. The summed E-state index contributed by atoms with van der Waals surface area (Å²) in [5.74, 6) is 0.445. The highest BCUT2D eigenvalue weighted by Crippen LogP contribution is 2.31. The van der Waals surface area contributed by atoms with E-state index in [1.165, 1.54) is 6.07 Å². The molecule has 5 nitrogen and oxygen atoms in total. The molecule has 0 spiro atoms. The number of hydrogen-bond acceptors (Lipinski definition) is 4. The third-order valence-corrected chi connectivity index (χ3v) is 5.00. The Kier molecular flexibility index (Phi) is 5.38. The van der Waals surface area contributed by atoms with Crippen LogP contribution in [0.2, 0.25) is 10.0 Å². The quantitative estimate of drug-likeness (QED) is 0.267. The average Bonchev–Trinajstić information content (AvgIpc) is 2.73. The van der Waals surface area contributed by atoms with E-state index in [1.54, 1.807) is 48.7 Å². The summed E-state index contributed by atoms with van der Waals surface area (Å²) in [4.78, 5) is 15.3. The van der Waals surface area contributed by atoms with Gasteiger partial charge in [-0.15, -0.1) is 0 Å². The molecule has 0 bridgehead atoms. The van der Waals surface area contributed by atoms with Gasteiger partial charge in [0.25, 0.3) is 5.69 Å². The van der Waals surface area contributed by atoms with Gasteiger partial charge in [-0.05, 0) is 53.4 Å². The van der Waals surface area contributed by atoms with Gasteiger partial charge in [0.2, 0.25) is 0 Å². The summed E-state index contributed by atoms with van der Waals surface area (Å²) in [6.07, 6.45) is 1.58. The van der Waals surface area contributed by atoms with E-state index in [2.05, 4.69) is 4.98 Å². The van der Waals surface area contributed by atoms with Gasteiger partial charge in [0.05, 0.1) is 10.3 Å². The second kappa shape index (κ2) is 8.11. The lowest BCUT2D eigenvalue weighted by Gasteiger charge is -2.18. The zero-order chi connectivity index (χ0) is 20.4. The Labute approximate surface area is 177 Å². The lowest BCUT2D eigenvalue weighted by atomic mass is 9.55. The molecule has 0 unspecified atom stereocenters. The molecule has 1 heterocycles. The number of nitrogens with zero attached hydrogens (tertiary/aromatic N) is 2. The van der Waals surface area contributed by atoms with E-state index in [9.17, 15) is 10.1 Å². The van der Waals surface area contributed by atoms with Crippen LogP contribution in [0.3, 0.4) is 0 Å². The maximum absolute atomic E-state index is 11.4. The molecule has 0 amide bonds. The van der Waals surface area contributed by atoms with Gasteiger partial charge in [0.1, 0.15) is 11.3 Å². The third kappa shape index (κ3) is 4.04. The van der Waals surface area contributed by atoms with E-state index in [0.29, 0.717) is 26.7 Å². The van der Waals surface area contributed by atoms with E-state index in [0.717, 1.165) is 10.9 Å². The molecule has 142 valence electrons. The topological polar surface area (TPSA) is 65.3 Å². The molecule has 0 atom stereocenters. The minimum Gasteiger partial charge on any atom is -0.550 e. The second-order valence-electron chi connectivity index (χ2n) is 6.34. The molecule has 0 fully saturated rings. The highest BCUT2D eigenvalue weighted by molar-refractivity contribution is 6.80. The van der Waals surface area contributed by atoms with Gasteiger partial charge in [-0.1, -0.05) is 47.5 Å². The first-order chi connectivity index (χ1) is 14.0. The van der Waals surface area contributed by atoms with Crippen LogP contribution < -0.4 is 15.6 Å². The number of nitro benzene ring substituents is 1. The largest absolute Gasteiger partial charge is 0.550 e. The summed E-state index contributed by atoms with van der Waals surface area (Å²) in [5.41, 5.74) is 2.16. The predicted octanol–water partition coefficient (Wildman–Crippen LogP) is 4.63. The molecule has 1 aromatic heterocycles. The predicted molar refractivity (Wildman–Crippen MR) is 117 cm³/mol. The van der Waals surface area contributed by atoms with Gasteiger partial charge in [-0.2, -0.15) is 0 Å². The van der Waals surface area contributed by atoms with E-state index in [1.807, 2.05) is 24.3 Å². The second-order valence-corrected chi connectivity index (χ2v) is 7.21. The highest BCUT2D eigenvalue weighted by atomic mass is 35.5. The fraction of sp³-hybridized carbons (Fsp3) is 0. The van der Waals surface area contributed by atoms with E-state index in [-0.39, 0.29) is 5.69 Å². The molecule has 0 N–H and O–H groups in total. The van der Waals surface area contributed by atoms with Gasteiger partial charge in [0, 0.05) is 22.3 Å². The molecular formula is C21H13BCl2N2O3. The molecule has 3 aromatic carbocycles. The molecule has 0 aliphatic carbocycles. The number of non-ortho nitro benzene ring substituents is 1. The summed E-state index contributed by atoms with van der Waals surface area (Å²) in [6.45, 7) is -0.476. The van der Waals surface area contributed by atoms with Crippen molar-refractivity contribution in [2.45, 2.75) is 0 Å². The zero-order valence-corrected chi connectivity index (χ0v) is 16.5. The average molecular weight is 423 g/mol. The van der Waals surface area contributed by atoms with Crippen LogP contribution in [0.25, 0.3) is 10.9 Å². The van der Waals surface area contributed by atoms with E-state index in [4.69, 9.17) is 27.9 Å². The van der Waals surface area contributed by atoms with Crippen molar-refractivity contribution in [2.24, 2.45) is 0 Å². The van der Waals surface area contributed by atoms with Crippen molar-refractivity contribution in [2.75, 3.05) is 0 Å². The first kappa shape index (κ1) is 19.2. The first-order valence-electron chi connectivity index (χ1n) is 8.72. The number of halogens is 2. The molecule has 0 saturated carbocycles. The fourth-order valence-corrected chi connectivity index (χ4v) is 3.37. The molecule has 0 aliphatic rings. The number of rotatable bonds is 5. The number of benzene rings is 3. The Morgan fingerprint density at radius 2 is 1.45 bits per heavy atom. The van der Waals surface area contributed by atoms with Crippen LogP contribution in [-0.4, -0.2) is 16.8 Å². The van der Waals surface area contributed by atoms with Crippen molar-refractivity contribution in [1.82, 2.24) is 4.98 Å².